The molecule has 2 aliphatic rings. The van der Waals surface area contributed by atoms with Crippen molar-refractivity contribution in [2.75, 3.05) is 11.9 Å². The van der Waals surface area contributed by atoms with Crippen LogP contribution in [0.25, 0.3) is 0 Å². The molecule has 5 rings (SSSR count). The largest absolute Gasteiger partial charge is 0.481 e. The summed E-state index contributed by atoms with van der Waals surface area (Å²) in [5, 5.41) is 18.7. The number of amides is 2. The zero-order chi connectivity index (χ0) is 30.6. The van der Waals surface area contributed by atoms with Gasteiger partial charge in [-0.1, -0.05) is 74.4 Å². The minimum absolute atomic E-state index is 0.0660. The Hall–Kier alpha value is -4.46. The highest BCUT2D eigenvalue weighted by atomic mass is 16.5. The predicted octanol–water partition coefficient (Wildman–Crippen LogP) is 6.53. The number of nitrogens with zero attached hydrogens (tertiary/aromatic N) is 2. The molecule has 1 fully saturated rings. The fraction of sp³-hybridized carbons (Fsp3) is 0.371. The standard InChI is InChI=1S/C35H39N3O5/c1-23(35(2,3)34(41)42)28-14-9-15-29(20-28)36-32(40)31(25-10-7-8-11-25)26-18-16-24(17-19-26)21-38-30(39)22-43-33(37-38)27-12-5-4-6-13-27/h4-6,9,12-20,23,25,31H,7-8,10-11,21-22H2,1-3H3,(H,36,40)(H,41,42). The van der Waals surface area contributed by atoms with Crippen LogP contribution in [0.3, 0.4) is 0 Å². The van der Waals surface area contributed by atoms with Gasteiger partial charge in [-0.15, -0.1) is 5.10 Å². The maximum atomic E-state index is 13.8. The minimum atomic E-state index is -0.947. The topological polar surface area (TPSA) is 108 Å². The summed E-state index contributed by atoms with van der Waals surface area (Å²) in [6.45, 7) is 5.57. The number of carbonyl (C=O) groups excluding carboxylic acids is 2. The third-order valence-electron chi connectivity index (χ3n) is 8.97. The van der Waals surface area contributed by atoms with Gasteiger partial charge >= 0.3 is 5.97 Å². The van der Waals surface area contributed by atoms with E-state index in [0.717, 1.165) is 47.9 Å². The van der Waals surface area contributed by atoms with Crippen molar-refractivity contribution < 1.29 is 24.2 Å². The van der Waals surface area contributed by atoms with Crippen LogP contribution in [0.2, 0.25) is 0 Å². The number of benzene rings is 3. The molecule has 2 unspecified atom stereocenters. The van der Waals surface area contributed by atoms with Gasteiger partial charge in [0.05, 0.1) is 17.9 Å². The summed E-state index contributed by atoms with van der Waals surface area (Å²) in [6, 6.07) is 24.9. The third-order valence-corrected chi connectivity index (χ3v) is 8.97. The Labute approximate surface area is 252 Å². The molecular weight excluding hydrogens is 542 g/mol. The van der Waals surface area contributed by atoms with Crippen LogP contribution in [0.15, 0.2) is 84.0 Å². The average molecular weight is 582 g/mol. The highest BCUT2D eigenvalue weighted by Gasteiger charge is 2.35. The Morgan fingerprint density at radius 1 is 1.00 bits per heavy atom. The van der Waals surface area contributed by atoms with Crippen molar-refractivity contribution >= 4 is 29.4 Å². The van der Waals surface area contributed by atoms with Crippen LogP contribution in [0.5, 0.6) is 0 Å². The minimum Gasteiger partial charge on any atom is -0.481 e. The van der Waals surface area contributed by atoms with Crippen LogP contribution in [0.4, 0.5) is 5.69 Å². The van der Waals surface area contributed by atoms with Gasteiger partial charge in [0.15, 0.2) is 6.61 Å². The van der Waals surface area contributed by atoms with E-state index in [1.54, 1.807) is 13.8 Å². The SMILES string of the molecule is CC(c1cccc(NC(=O)C(c2ccc(CN3N=C(c4ccccc4)OCC3=O)cc2)C2CCCC2)c1)C(C)(C)C(=O)O. The molecule has 1 saturated carbocycles. The van der Waals surface area contributed by atoms with Crippen molar-refractivity contribution in [2.24, 2.45) is 16.4 Å². The summed E-state index contributed by atoms with van der Waals surface area (Å²) in [5.74, 6) is -1.05. The Bertz CT molecular complexity index is 1490. The predicted molar refractivity (Wildman–Crippen MR) is 166 cm³/mol. The number of carboxylic acid groups (broad SMARTS) is 1. The van der Waals surface area contributed by atoms with Crippen LogP contribution in [-0.4, -0.2) is 40.4 Å². The van der Waals surface area contributed by atoms with Crippen molar-refractivity contribution in [1.82, 2.24) is 5.01 Å². The number of hydrogen-bond donors (Lipinski definition) is 2. The molecule has 0 bridgehead atoms. The Morgan fingerprint density at radius 2 is 1.70 bits per heavy atom. The number of hydrazone groups is 1. The lowest BCUT2D eigenvalue weighted by Crippen LogP contribution is -2.36. The van der Waals surface area contributed by atoms with Gasteiger partial charge < -0.3 is 15.2 Å². The maximum absolute atomic E-state index is 13.8. The van der Waals surface area contributed by atoms with Crippen LogP contribution in [-0.2, 0) is 25.7 Å². The second kappa shape index (κ2) is 12.8. The van der Waals surface area contributed by atoms with E-state index in [4.69, 9.17) is 4.74 Å². The smallest absolute Gasteiger partial charge is 0.309 e. The van der Waals surface area contributed by atoms with Crippen LogP contribution in [0.1, 0.15) is 80.5 Å². The van der Waals surface area contributed by atoms with E-state index < -0.39 is 11.4 Å². The molecular formula is C35H39N3O5. The van der Waals surface area contributed by atoms with E-state index in [1.807, 2.05) is 85.8 Å². The van der Waals surface area contributed by atoms with Crippen molar-refractivity contribution in [3.8, 4) is 0 Å². The van der Waals surface area contributed by atoms with Crippen molar-refractivity contribution in [2.45, 2.75) is 64.8 Å². The number of nitrogens with one attached hydrogen (secondary N) is 1. The molecule has 0 aromatic heterocycles. The fourth-order valence-corrected chi connectivity index (χ4v) is 5.88. The van der Waals surface area contributed by atoms with Gasteiger partial charge in [-0.05, 0) is 79.5 Å². The molecule has 2 atom stereocenters. The molecule has 1 aliphatic heterocycles. The summed E-state index contributed by atoms with van der Waals surface area (Å²) >= 11 is 0. The van der Waals surface area contributed by atoms with Gasteiger partial charge in [-0.3, -0.25) is 14.4 Å². The number of anilines is 1. The molecule has 3 aromatic rings. The lowest BCUT2D eigenvalue weighted by molar-refractivity contribution is -0.148. The Kier molecular flexibility index (Phi) is 8.94. The van der Waals surface area contributed by atoms with E-state index >= 15 is 0 Å². The van der Waals surface area contributed by atoms with Crippen LogP contribution < -0.4 is 5.32 Å². The average Bonchev–Trinajstić information content (AvgIpc) is 3.54. The zero-order valence-corrected chi connectivity index (χ0v) is 25.0. The Balaban J connectivity index is 1.33. The van der Waals surface area contributed by atoms with E-state index in [0.29, 0.717) is 18.1 Å². The summed E-state index contributed by atoms with van der Waals surface area (Å²) in [7, 11) is 0. The summed E-state index contributed by atoms with van der Waals surface area (Å²) in [4.78, 5) is 38.2. The first-order valence-electron chi connectivity index (χ1n) is 14.9. The number of hydrogen-bond acceptors (Lipinski definition) is 5. The molecule has 8 nitrogen and oxygen atoms in total. The van der Waals surface area contributed by atoms with Gasteiger partial charge in [0.1, 0.15) is 0 Å². The molecule has 224 valence electrons. The second-order valence-electron chi connectivity index (χ2n) is 12.1. The second-order valence-corrected chi connectivity index (χ2v) is 12.1. The van der Waals surface area contributed by atoms with Gasteiger partial charge in [0, 0.05) is 11.3 Å². The van der Waals surface area contributed by atoms with Gasteiger partial charge in [-0.25, -0.2) is 5.01 Å². The van der Waals surface area contributed by atoms with Crippen molar-refractivity contribution in [3.05, 3.63) is 101 Å². The first-order chi connectivity index (χ1) is 20.6. The summed E-state index contributed by atoms with van der Waals surface area (Å²) in [5.41, 5.74) is 3.23. The fourth-order valence-electron chi connectivity index (χ4n) is 5.88. The van der Waals surface area contributed by atoms with E-state index in [1.165, 1.54) is 5.01 Å². The van der Waals surface area contributed by atoms with Crippen molar-refractivity contribution in [1.29, 1.82) is 0 Å². The van der Waals surface area contributed by atoms with E-state index in [2.05, 4.69) is 10.4 Å². The number of ether oxygens (including phenoxy) is 1. The highest BCUT2D eigenvalue weighted by Crippen LogP contribution is 2.39. The monoisotopic (exact) mass is 581 g/mol. The van der Waals surface area contributed by atoms with Crippen LogP contribution >= 0.6 is 0 Å². The molecule has 2 amide bonds. The third kappa shape index (κ3) is 6.79. The quantitative estimate of drug-likeness (QED) is 0.283. The van der Waals surface area contributed by atoms with Gasteiger partial charge in [-0.2, -0.15) is 0 Å². The van der Waals surface area contributed by atoms with Crippen molar-refractivity contribution in [3.63, 3.8) is 0 Å². The molecule has 0 radical (unpaired) electrons. The highest BCUT2D eigenvalue weighted by molar-refractivity contribution is 5.98. The lowest BCUT2D eigenvalue weighted by atomic mass is 9.76. The summed E-state index contributed by atoms with van der Waals surface area (Å²) in [6.07, 6.45) is 4.18. The number of aliphatic carboxylic acids is 1. The first-order valence-corrected chi connectivity index (χ1v) is 14.9. The molecule has 3 aromatic carbocycles. The molecule has 1 aliphatic carbocycles. The lowest BCUT2D eigenvalue weighted by Gasteiger charge is -2.28. The number of carboxylic acids is 1. The molecule has 2 N–H and O–H groups in total. The molecule has 0 spiro atoms. The molecule has 1 heterocycles. The zero-order valence-electron chi connectivity index (χ0n) is 25.0. The normalized spacial score (nSPS) is 17.1. The maximum Gasteiger partial charge on any atom is 0.309 e. The molecule has 43 heavy (non-hydrogen) atoms. The van der Waals surface area contributed by atoms with E-state index in [-0.39, 0.29) is 36.2 Å². The first kappa shape index (κ1) is 30.0. The van der Waals surface area contributed by atoms with Crippen LogP contribution in [0, 0.1) is 11.3 Å². The van der Waals surface area contributed by atoms with Gasteiger partial charge in [0.25, 0.3) is 5.91 Å². The van der Waals surface area contributed by atoms with Gasteiger partial charge in [0.2, 0.25) is 11.8 Å². The molecule has 0 saturated heterocycles. The number of carbonyl (C=O) groups is 3. The number of rotatable bonds is 10. The Morgan fingerprint density at radius 3 is 2.37 bits per heavy atom. The molecule has 8 heteroatoms. The summed E-state index contributed by atoms with van der Waals surface area (Å²) < 4.78 is 5.56. The van der Waals surface area contributed by atoms with E-state index in [9.17, 15) is 19.5 Å².